The van der Waals surface area contributed by atoms with Gasteiger partial charge in [0.05, 0.1) is 17.5 Å². The van der Waals surface area contributed by atoms with Crippen LogP contribution in [0.25, 0.3) is 11.0 Å². The van der Waals surface area contributed by atoms with Gasteiger partial charge in [0.25, 0.3) is 0 Å². The summed E-state index contributed by atoms with van der Waals surface area (Å²) in [5.41, 5.74) is -0.360. The Labute approximate surface area is 232 Å². The third-order valence-electron chi connectivity index (χ3n) is 6.34. The van der Waals surface area contributed by atoms with Crippen molar-refractivity contribution < 1.29 is 33.4 Å². The highest BCUT2D eigenvalue weighted by Gasteiger charge is 2.33. The molecular weight excluding hydrogens is 522 g/mol. The fourth-order valence-electron chi connectivity index (χ4n) is 4.35. The van der Waals surface area contributed by atoms with Crippen LogP contribution in [-0.2, 0) is 23.8 Å². The summed E-state index contributed by atoms with van der Waals surface area (Å²) < 4.78 is 16.5. The molecule has 2 unspecified atom stereocenters. The number of alkyl carbamates (subject to hydrolysis) is 1. The van der Waals surface area contributed by atoms with E-state index >= 15 is 0 Å². The number of nitrogens with one attached hydrogen (secondary N) is 1. The molecule has 40 heavy (non-hydrogen) atoms. The summed E-state index contributed by atoms with van der Waals surface area (Å²) in [5, 5.41) is 11.8. The average molecular weight is 558 g/mol. The standard InChI is InChI=1S/C26H35N7O7/c1-17-7-10-32(20(34)6-9-27)15-19(17)31(5)22-18-8-11-33(23(18)30-16-29-22)25(37)39-13-12-38-21(35)14-28-24(36)40-26(2,3)4/h8,11,16-17,19H,6-7,10,12-15H2,1-5H3,(H,28,36). The van der Waals surface area contributed by atoms with Crippen LogP contribution in [0.1, 0.15) is 40.5 Å². The number of nitrogens with zero attached hydrogens (tertiary/aromatic N) is 6. The Morgan fingerprint density at radius 2 is 1.93 bits per heavy atom. The maximum Gasteiger partial charge on any atom is 0.419 e. The zero-order valence-electron chi connectivity index (χ0n) is 23.4. The molecule has 2 amide bonds. The number of likely N-dealkylation sites (N-methyl/N-ethyl adjacent to an activating group) is 1. The molecule has 2 aromatic rings. The van der Waals surface area contributed by atoms with Crippen LogP contribution < -0.4 is 10.2 Å². The van der Waals surface area contributed by atoms with Crippen molar-refractivity contribution in [1.82, 2.24) is 24.8 Å². The lowest BCUT2D eigenvalue weighted by atomic mass is 9.92. The predicted octanol–water partition coefficient (Wildman–Crippen LogP) is 2.07. The van der Waals surface area contributed by atoms with Gasteiger partial charge in [-0.25, -0.2) is 24.1 Å². The number of likely N-dealkylation sites (tertiary alicyclic amines) is 1. The normalized spacial score (nSPS) is 17.1. The summed E-state index contributed by atoms with van der Waals surface area (Å²) in [5.74, 6) is -0.0530. The molecule has 1 aliphatic rings. The molecule has 3 rings (SSSR count). The molecule has 3 heterocycles. The highest BCUT2D eigenvalue weighted by Crippen LogP contribution is 2.29. The van der Waals surface area contributed by atoms with E-state index in [2.05, 4.69) is 22.2 Å². The van der Waals surface area contributed by atoms with Gasteiger partial charge in [0.15, 0.2) is 5.65 Å². The number of hydrogen-bond acceptors (Lipinski definition) is 11. The highest BCUT2D eigenvalue weighted by atomic mass is 16.6. The predicted molar refractivity (Wildman–Crippen MR) is 142 cm³/mol. The van der Waals surface area contributed by atoms with Gasteiger partial charge >= 0.3 is 18.2 Å². The fourth-order valence-corrected chi connectivity index (χ4v) is 4.35. The van der Waals surface area contributed by atoms with Gasteiger partial charge in [-0.3, -0.25) is 9.59 Å². The number of carbonyl (C=O) groups is 4. The number of anilines is 1. The summed E-state index contributed by atoms with van der Waals surface area (Å²) in [6, 6.07) is 3.57. The third kappa shape index (κ3) is 7.81. The lowest BCUT2D eigenvalue weighted by molar-refractivity contribution is -0.143. The van der Waals surface area contributed by atoms with E-state index in [4.69, 9.17) is 19.5 Å². The Kier molecular flexibility index (Phi) is 9.87. The van der Waals surface area contributed by atoms with Crippen molar-refractivity contribution in [3.63, 3.8) is 0 Å². The minimum absolute atomic E-state index is 0.0516. The molecule has 14 heteroatoms. The van der Waals surface area contributed by atoms with E-state index in [1.54, 1.807) is 31.7 Å². The van der Waals surface area contributed by atoms with Crippen molar-refractivity contribution >= 4 is 40.9 Å². The van der Waals surface area contributed by atoms with Gasteiger partial charge in [0.2, 0.25) is 5.91 Å². The molecule has 0 radical (unpaired) electrons. The van der Waals surface area contributed by atoms with Crippen LogP contribution in [0.2, 0.25) is 0 Å². The largest absolute Gasteiger partial charge is 0.461 e. The van der Waals surface area contributed by atoms with E-state index in [1.807, 2.05) is 18.0 Å². The van der Waals surface area contributed by atoms with Crippen molar-refractivity contribution in [1.29, 1.82) is 5.26 Å². The van der Waals surface area contributed by atoms with Gasteiger partial charge in [-0.1, -0.05) is 6.92 Å². The van der Waals surface area contributed by atoms with Crippen LogP contribution in [0.3, 0.4) is 0 Å². The minimum atomic E-state index is -0.745. The number of carbonyl (C=O) groups excluding carboxylic acids is 4. The second-order valence-corrected chi connectivity index (χ2v) is 10.4. The molecule has 1 fully saturated rings. The number of esters is 1. The second kappa shape index (κ2) is 13.1. The van der Waals surface area contributed by atoms with Crippen molar-refractivity contribution in [3.05, 3.63) is 18.6 Å². The highest BCUT2D eigenvalue weighted by molar-refractivity contribution is 5.93. The first-order valence-corrected chi connectivity index (χ1v) is 12.9. The molecule has 2 aromatic heterocycles. The molecule has 0 aliphatic carbocycles. The van der Waals surface area contributed by atoms with Crippen LogP contribution >= 0.6 is 0 Å². The average Bonchev–Trinajstić information content (AvgIpc) is 3.33. The Balaban J connectivity index is 1.57. The fraction of sp³-hybridized carbons (Fsp3) is 0.577. The number of fused-ring (bicyclic) bond motifs is 1. The number of rotatable bonds is 8. The first kappa shape index (κ1) is 30.1. The molecular formula is C26H35N7O7. The van der Waals surface area contributed by atoms with Crippen LogP contribution in [0.15, 0.2) is 18.6 Å². The number of nitriles is 1. The van der Waals surface area contributed by atoms with Gasteiger partial charge in [0, 0.05) is 26.3 Å². The van der Waals surface area contributed by atoms with Crippen LogP contribution in [-0.4, -0.2) is 95.0 Å². The maximum atomic E-state index is 12.7. The van der Waals surface area contributed by atoms with E-state index < -0.39 is 23.8 Å². The van der Waals surface area contributed by atoms with Gasteiger partial charge in [-0.2, -0.15) is 5.26 Å². The summed E-state index contributed by atoms with van der Waals surface area (Å²) in [6.45, 7) is 7.46. The molecule has 0 bridgehead atoms. The van der Waals surface area contributed by atoms with Crippen molar-refractivity contribution in [2.75, 3.05) is 44.8 Å². The Morgan fingerprint density at radius 1 is 1.20 bits per heavy atom. The summed E-state index contributed by atoms with van der Waals surface area (Å²) in [7, 11) is 1.88. The number of piperidine rings is 1. The van der Waals surface area contributed by atoms with Gasteiger partial charge in [0.1, 0.15) is 43.9 Å². The number of amides is 2. The summed E-state index contributed by atoms with van der Waals surface area (Å²) in [4.78, 5) is 60.8. The number of aromatic nitrogens is 3. The molecule has 14 nitrogen and oxygen atoms in total. The van der Waals surface area contributed by atoms with Crippen LogP contribution in [0, 0.1) is 17.2 Å². The SMILES string of the molecule is CC1CCN(C(=O)CC#N)CC1N(C)c1ncnc2c1ccn2C(=O)OCCOC(=O)CNC(=O)OC(C)(C)C. The van der Waals surface area contributed by atoms with E-state index in [1.165, 1.54) is 17.1 Å². The van der Waals surface area contributed by atoms with Gasteiger partial charge < -0.3 is 29.3 Å². The van der Waals surface area contributed by atoms with Crippen molar-refractivity contribution in [2.45, 2.75) is 52.2 Å². The molecule has 0 aromatic carbocycles. The lowest BCUT2D eigenvalue weighted by Crippen LogP contribution is -2.52. The number of ether oxygens (including phenoxy) is 3. The maximum absolute atomic E-state index is 12.7. The van der Waals surface area contributed by atoms with E-state index in [9.17, 15) is 19.2 Å². The molecule has 216 valence electrons. The zero-order valence-corrected chi connectivity index (χ0v) is 23.4. The smallest absolute Gasteiger partial charge is 0.419 e. The molecule has 2 atom stereocenters. The topological polar surface area (TPSA) is 169 Å². The number of hydrogen-bond donors (Lipinski definition) is 1. The van der Waals surface area contributed by atoms with Crippen LogP contribution in [0.5, 0.6) is 0 Å². The summed E-state index contributed by atoms with van der Waals surface area (Å²) >= 11 is 0. The van der Waals surface area contributed by atoms with Crippen molar-refractivity contribution in [2.24, 2.45) is 5.92 Å². The molecule has 1 aliphatic heterocycles. The monoisotopic (exact) mass is 557 g/mol. The van der Waals surface area contributed by atoms with Gasteiger partial charge in [-0.15, -0.1) is 0 Å². The minimum Gasteiger partial charge on any atom is -0.461 e. The quantitative estimate of drug-likeness (QED) is 0.286. The molecule has 1 N–H and O–H groups in total. The summed E-state index contributed by atoms with van der Waals surface area (Å²) in [6.07, 6.45) is 2.03. The Hall–Kier alpha value is -4.41. The van der Waals surface area contributed by atoms with E-state index in [0.717, 1.165) is 6.42 Å². The van der Waals surface area contributed by atoms with Gasteiger partial charge in [-0.05, 0) is 39.2 Å². The second-order valence-electron chi connectivity index (χ2n) is 10.4. The molecule has 0 saturated carbocycles. The molecule has 0 spiro atoms. The lowest BCUT2D eigenvalue weighted by Gasteiger charge is -2.42. The first-order chi connectivity index (χ1) is 18.9. The first-order valence-electron chi connectivity index (χ1n) is 12.9. The zero-order chi connectivity index (χ0) is 29.4. The van der Waals surface area contributed by atoms with Crippen LogP contribution in [0.4, 0.5) is 15.4 Å². The van der Waals surface area contributed by atoms with E-state index in [0.29, 0.717) is 29.9 Å². The van der Waals surface area contributed by atoms with E-state index in [-0.39, 0.29) is 44.0 Å². The Bertz CT molecular complexity index is 1280. The van der Waals surface area contributed by atoms with Crippen molar-refractivity contribution in [3.8, 4) is 6.07 Å². The third-order valence-corrected chi connectivity index (χ3v) is 6.34. The Morgan fingerprint density at radius 3 is 2.62 bits per heavy atom. The molecule has 1 saturated heterocycles.